The first-order valence-electron chi connectivity index (χ1n) is 13.5. The maximum atomic E-state index is 11.4. The van der Waals surface area contributed by atoms with E-state index < -0.39 is 0 Å². The molecule has 4 aliphatic rings. The Bertz CT molecular complexity index is 739. The third kappa shape index (κ3) is 4.32. The van der Waals surface area contributed by atoms with Crippen LogP contribution in [0.4, 0.5) is 0 Å². The van der Waals surface area contributed by atoms with Crippen molar-refractivity contribution >= 4 is 5.97 Å². The number of allylic oxidation sites excluding steroid dienone is 1. The Hall–Kier alpha value is -0.830. The lowest BCUT2D eigenvalue weighted by molar-refractivity contribution is -0.154. The summed E-state index contributed by atoms with van der Waals surface area (Å²) < 4.78 is 5.51. The number of rotatable bonds is 6. The average Bonchev–Trinajstić information content (AvgIpc) is 3.04. The third-order valence-electron chi connectivity index (χ3n) is 10.7. The molecule has 4 aliphatic carbocycles. The number of aliphatic hydroxyl groups excluding tert-OH is 1. The molecule has 0 bridgehead atoms. The van der Waals surface area contributed by atoms with E-state index in [1.54, 1.807) is 5.57 Å². The van der Waals surface area contributed by atoms with E-state index in [1.165, 1.54) is 51.9 Å². The summed E-state index contributed by atoms with van der Waals surface area (Å²) in [7, 11) is 0. The van der Waals surface area contributed by atoms with Crippen LogP contribution in [0, 0.1) is 40.4 Å². The Kier molecular flexibility index (Phi) is 6.64. The van der Waals surface area contributed by atoms with Gasteiger partial charge < -0.3 is 9.84 Å². The van der Waals surface area contributed by atoms with Crippen LogP contribution in [0.15, 0.2) is 11.6 Å². The van der Waals surface area contributed by atoms with Gasteiger partial charge in [0.15, 0.2) is 0 Å². The van der Waals surface area contributed by atoms with E-state index >= 15 is 0 Å². The van der Waals surface area contributed by atoms with Crippen molar-refractivity contribution in [2.75, 3.05) is 0 Å². The standard InChI is InChI=1S/C29H48O3/c1-19(8-7-15-27(3,4)32-20(2)30)24-11-12-25-23-10-9-21-18-22(31)13-16-28(21,5)26(23)14-17-29(24,25)6/h9,19,22-26,31H,7-8,10-18H2,1-6H3/t19-,22+,23+,24-,25+,26+,28+,29-/m1/s1. The van der Waals surface area contributed by atoms with Gasteiger partial charge in [-0.15, -0.1) is 0 Å². The summed E-state index contributed by atoms with van der Waals surface area (Å²) in [5, 5.41) is 10.2. The van der Waals surface area contributed by atoms with Crippen LogP contribution in [-0.4, -0.2) is 22.8 Å². The molecule has 0 saturated heterocycles. The molecule has 0 spiro atoms. The number of carbonyl (C=O) groups excluding carboxylic acids is 1. The molecule has 1 N–H and O–H groups in total. The smallest absolute Gasteiger partial charge is 0.303 e. The number of fused-ring (bicyclic) bond motifs is 5. The second-order valence-electron chi connectivity index (χ2n) is 13.1. The second-order valence-corrected chi connectivity index (χ2v) is 13.1. The molecule has 0 aromatic carbocycles. The highest BCUT2D eigenvalue weighted by Gasteiger charge is 2.59. The lowest BCUT2D eigenvalue weighted by Crippen LogP contribution is -2.50. The van der Waals surface area contributed by atoms with Gasteiger partial charge in [0.2, 0.25) is 0 Å². The largest absolute Gasteiger partial charge is 0.460 e. The van der Waals surface area contributed by atoms with Crippen LogP contribution in [0.3, 0.4) is 0 Å². The lowest BCUT2D eigenvalue weighted by atomic mass is 9.47. The zero-order chi connectivity index (χ0) is 23.3. The van der Waals surface area contributed by atoms with Gasteiger partial charge in [-0.1, -0.05) is 38.8 Å². The number of aliphatic hydroxyl groups is 1. The summed E-state index contributed by atoms with van der Waals surface area (Å²) in [4.78, 5) is 11.4. The fourth-order valence-corrected chi connectivity index (χ4v) is 9.11. The molecule has 0 aromatic rings. The maximum Gasteiger partial charge on any atom is 0.303 e. The highest BCUT2D eigenvalue weighted by molar-refractivity contribution is 5.66. The molecule has 3 saturated carbocycles. The van der Waals surface area contributed by atoms with Crippen LogP contribution in [0.5, 0.6) is 0 Å². The lowest BCUT2D eigenvalue weighted by Gasteiger charge is -2.58. The van der Waals surface area contributed by atoms with Gasteiger partial charge in [0.1, 0.15) is 5.60 Å². The second kappa shape index (κ2) is 8.75. The number of hydrogen-bond donors (Lipinski definition) is 1. The molecule has 182 valence electrons. The molecule has 3 nitrogen and oxygen atoms in total. The first-order valence-corrected chi connectivity index (χ1v) is 13.5. The first-order chi connectivity index (χ1) is 15.0. The predicted molar refractivity (Wildman–Crippen MR) is 130 cm³/mol. The van der Waals surface area contributed by atoms with Crippen molar-refractivity contribution in [3.63, 3.8) is 0 Å². The van der Waals surface area contributed by atoms with Crippen molar-refractivity contribution in [2.45, 2.75) is 124 Å². The van der Waals surface area contributed by atoms with Gasteiger partial charge in [0.25, 0.3) is 0 Å². The molecule has 0 amide bonds. The van der Waals surface area contributed by atoms with Crippen LogP contribution < -0.4 is 0 Å². The van der Waals surface area contributed by atoms with Crippen LogP contribution in [0.1, 0.15) is 112 Å². The first kappa shape index (κ1) is 24.3. The minimum atomic E-state index is -0.346. The molecule has 0 aliphatic heterocycles. The van der Waals surface area contributed by atoms with Gasteiger partial charge in [0.05, 0.1) is 6.10 Å². The number of hydrogen-bond acceptors (Lipinski definition) is 3. The van der Waals surface area contributed by atoms with Gasteiger partial charge >= 0.3 is 5.97 Å². The number of carbonyl (C=O) groups is 1. The number of ether oxygens (including phenoxy) is 1. The maximum absolute atomic E-state index is 11.4. The van der Waals surface area contributed by atoms with Gasteiger partial charge in [-0.25, -0.2) is 0 Å². The molecular weight excluding hydrogens is 396 g/mol. The molecule has 0 unspecified atom stereocenters. The minimum absolute atomic E-state index is 0.109. The van der Waals surface area contributed by atoms with E-state index in [9.17, 15) is 9.90 Å². The molecule has 3 heteroatoms. The van der Waals surface area contributed by atoms with Crippen molar-refractivity contribution in [1.82, 2.24) is 0 Å². The summed E-state index contributed by atoms with van der Waals surface area (Å²) in [6, 6.07) is 0. The fraction of sp³-hybridized carbons (Fsp3) is 0.897. The molecule has 0 heterocycles. The normalized spacial score (nSPS) is 42.3. The van der Waals surface area contributed by atoms with Crippen molar-refractivity contribution in [3.8, 4) is 0 Å². The average molecular weight is 445 g/mol. The molecule has 3 fully saturated rings. The van der Waals surface area contributed by atoms with Gasteiger partial charge in [0, 0.05) is 6.92 Å². The van der Waals surface area contributed by atoms with E-state index in [0.717, 1.165) is 55.3 Å². The van der Waals surface area contributed by atoms with E-state index in [2.05, 4.69) is 26.8 Å². The van der Waals surface area contributed by atoms with Crippen molar-refractivity contribution in [1.29, 1.82) is 0 Å². The Morgan fingerprint density at radius 3 is 2.66 bits per heavy atom. The minimum Gasteiger partial charge on any atom is -0.460 e. The fourth-order valence-electron chi connectivity index (χ4n) is 9.11. The SMILES string of the molecule is CC(=O)OC(C)(C)CCC[C@@H](C)[C@H]1CC[C@H]2[C@@H]3CC=C4C[C@@H](O)CC[C@]4(C)[C@H]3CC[C@]12C. The summed E-state index contributed by atoms with van der Waals surface area (Å²) in [5.41, 5.74) is 2.07. The van der Waals surface area contributed by atoms with Crippen LogP contribution in [0.2, 0.25) is 0 Å². The Morgan fingerprint density at radius 1 is 1.19 bits per heavy atom. The van der Waals surface area contributed by atoms with Crippen LogP contribution in [0.25, 0.3) is 0 Å². The Balaban J connectivity index is 1.41. The van der Waals surface area contributed by atoms with E-state index in [-0.39, 0.29) is 17.7 Å². The Morgan fingerprint density at radius 2 is 1.94 bits per heavy atom. The molecule has 32 heavy (non-hydrogen) atoms. The number of esters is 1. The molecule has 0 radical (unpaired) electrons. The van der Waals surface area contributed by atoms with E-state index in [0.29, 0.717) is 10.8 Å². The zero-order valence-corrected chi connectivity index (χ0v) is 21.6. The molecule has 8 atom stereocenters. The Labute approximate surface area is 196 Å². The highest BCUT2D eigenvalue weighted by Crippen LogP contribution is 2.67. The monoisotopic (exact) mass is 444 g/mol. The van der Waals surface area contributed by atoms with Gasteiger partial charge in [-0.3, -0.25) is 4.79 Å². The quantitative estimate of drug-likeness (QED) is 0.352. The highest BCUT2D eigenvalue weighted by atomic mass is 16.6. The zero-order valence-electron chi connectivity index (χ0n) is 21.6. The predicted octanol–water partition coefficient (Wildman–Crippen LogP) is 7.07. The van der Waals surface area contributed by atoms with Gasteiger partial charge in [-0.2, -0.15) is 0 Å². The van der Waals surface area contributed by atoms with Crippen LogP contribution in [-0.2, 0) is 9.53 Å². The summed E-state index contributed by atoms with van der Waals surface area (Å²) in [5.74, 6) is 3.94. The molecule has 0 aromatic heterocycles. The third-order valence-corrected chi connectivity index (χ3v) is 10.7. The molecule has 4 rings (SSSR count). The van der Waals surface area contributed by atoms with Crippen LogP contribution >= 0.6 is 0 Å². The van der Waals surface area contributed by atoms with Crippen molar-refractivity contribution < 1.29 is 14.6 Å². The van der Waals surface area contributed by atoms with E-state index in [1.807, 2.05) is 13.8 Å². The summed E-state index contributed by atoms with van der Waals surface area (Å²) in [6.07, 6.45) is 15.7. The van der Waals surface area contributed by atoms with E-state index in [4.69, 9.17) is 4.74 Å². The topological polar surface area (TPSA) is 46.5 Å². The molecular formula is C29H48O3. The van der Waals surface area contributed by atoms with Gasteiger partial charge in [-0.05, 0) is 118 Å². The summed E-state index contributed by atoms with van der Waals surface area (Å²) >= 11 is 0. The van der Waals surface area contributed by atoms with Crippen molar-refractivity contribution in [2.24, 2.45) is 40.4 Å². The van der Waals surface area contributed by atoms with Crippen molar-refractivity contribution in [3.05, 3.63) is 11.6 Å². The summed E-state index contributed by atoms with van der Waals surface area (Å²) in [6.45, 7) is 13.3.